The SMILES string of the molecule is CCc1cncc(C(=O)Nc2ccc(CC[C@H]3COC(N)=N3)cc2)n1.CCc1ocnc1C(=O)Nc1ccc(CC[C@H]2COC(N)=N2)cc1. The Hall–Kier alpha value is -5.79. The van der Waals surface area contributed by atoms with Crippen LogP contribution in [0.5, 0.6) is 0 Å². The number of aromatic nitrogens is 3. The molecule has 2 aromatic heterocycles. The number of carbonyl (C=O) groups is 2. The fraction of sp³-hybridized carbons (Fsp3) is 0.343. The van der Waals surface area contributed by atoms with E-state index in [1.165, 1.54) is 23.7 Å². The lowest BCUT2D eigenvalue weighted by Gasteiger charge is -2.08. The van der Waals surface area contributed by atoms with Crippen LogP contribution in [0, 0.1) is 0 Å². The predicted molar refractivity (Wildman–Crippen MR) is 185 cm³/mol. The third kappa shape index (κ3) is 10.1. The van der Waals surface area contributed by atoms with Crippen molar-refractivity contribution in [1.82, 2.24) is 15.0 Å². The van der Waals surface area contributed by atoms with Gasteiger partial charge in [0.25, 0.3) is 23.9 Å². The molecule has 49 heavy (non-hydrogen) atoms. The van der Waals surface area contributed by atoms with Crippen molar-refractivity contribution in [1.29, 1.82) is 0 Å². The Labute approximate surface area is 284 Å². The maximum absolute atomic E-state index is 12.2. The molecular weight excluding hydrogens is 626 g/mol. The van der Waals surface area contributed by atoms with E-state index in [4.69, 9.17) is 25.4 Å². The van der Waals surface area contributed by atoms with Crippen LogP contribution < -0.4 is 22.1 Å². The van der Waals surface area contributed by atoms with Gasteiger partial charge in [0.05, 0.1) is 24.0 Å². The molecule has 14 heteroatoms. The molecule has 0 unspecified atom stereocenters. The average Bonchev–Trinajstić information content (AvgIpc) is 3.89. The van der Waals surface area contributed by atoms with Crippen LogP contribution in [0.3, 0.4) is 0 Å². The predicted octanol–water partition coefficient (Wildman–Crippen LogP) is 4.07. The number of aliphatic imine (C=N–C) groups is 2. The van der Waals surface area contributed by atoms with Crippen molar-refractivity contribution in [3.63, 3.8) is 0 Å². The van der Waals surface area contributed by atoms with Crippen LogP contribution in [0.2, 0.25) is 0 Å². The van der Waals surface area contributed by atoms with Gasteiger partial charge in [-0.15, -0.1) is 0 Å². The number of hydrogen-bond acceptors (Lipinski definition) is 12. The van der Waals surface area contributed by atoms with Gasteiger partial charge in [0.2, 0.25) is 0 Å². The van der Waals surface area contributed by atoms with Crippen LogP contribution >= 0.6 is 0 Å². The number of anilines is 2. The molecule has 0 saturated heterocycles. The molecule has 6 N–H and O–H groups in total. The zero-order valence-corrected chi connectivity index (χ0v) is 27.6. The Bertz CT molecular complexity index is 1770. The van der Waals surface area contributed by atoms with Crippen molar-refractivity contribution in [3.8, 4) is 0 Å². The van der Waals surface area contributed by atoms with Crippen LogP contribution in [-0.4, -0.2) is 64.1 Å². The van der Waals surface area contributed by atoms with Gasteiger partial charge in [0, 0.05) is 24.0 Å². The molecule has 256 valence electrons. The molecule has 4 heterocycles. The van der Waals surface area contributed by atoms with E-state index >= 15 is 0 Å². The topological polar surface area (TPSA) is 205 Å². The Morgan fingerprint density at radius 1 is 0.776 bits per heavy atom. The Balaban J connectivity index is 0.000000191. The molecule has 0 aliphatic carbocycles. The molecule has 0 radical (unpaired) electrons. The molecule has 4 aromatic rings. The van der Waals surface area contributed by atoms with Crippen molar-refractivity contribution in [2.75, 3.05) is 23.8 Å². The number of nitrogens with zero attached hydrogens (tertiary/aromatic N) is 5. The quantitative estimate of drug-likeness (QED) is 0.170. The van der Waals surface area contributed by atoms with E-state index in [0.717, 1.165) is 49.2 Å². The van der Waals surface area contributed by atoms with Gasteiger partial charge in [-0.2, -0.15) is 0 Å². The maximum Gasteiger partial charge on any atom is 0.282 e. The van der Waals surface area contributed by atoms with Crippen LogP contribution in [0.4, 0.5) is 11.4 Å². The molecule has 0 spiro atoms. The van der Waals surface area contributed by atoms with Crippen molar-refractivity contribution in [3.05, 3.63) is 101 Å². The number of hydrogen-bond donors (Lipinski definition) is 4. The second-order valence-corrected chi connectivity index (χ2v) is 11.5. The number of amides is 2. The summed E-state index contributed by atoms with van der Waals surface area (Å²) in [6.07, 6.45) is 9.31. The number of rotatable bonds is 12. The van der Waals surface area contributed by atoms with Gasteiger partial charge in [0.15, 0.2) is 12.1 Å². The number of benzene rings is 2. The van der Waals surface area contributed by atoms with Gasteiger partial charge >= 0.3 is 0 Å². The minimum Gasteiger partial charge on any atom is -0.463 e. The minimum absolute atomic E-state index is 0.129. The van der Waals surface area contributed by atoms with Crippen LogP contribution in [0.1, 0.15) is 70.2 Å². The first-order valence-corrected chi connectivity index (χ1v) is 16.3. The highest BCUT2D eigenvalue weighted by Gasteiger charge is 2.18. The van der Waals surface area contributed by atoms with E-state index in [0.29, 0.717) is 36.8 Å². The second-order valence-electron chi connectivity index (χ2n) is 11.5. The van der Waals surface area contributed by atoms with Gasteiger partial charge in [-0.1, -0.05) is 38.1 Å². The molecule has 2 atom stereocenters. The number of amidine groups is 2. The Morgan fingerprint density at radius 3 is 1.82 bits per heavy atom. The van der Waals surface area contributed by atoms with E-state index in [1.807, 2.05) is 62.4 Å². The largest absolute Gasteiger partial charge is 0.463 e. The number of nitrogens with one attached hydrogen (secondary N) is 2. The molecular formula is C35H41N9O5. The lowest BCUT2D eigenvalue weighted by Crippen LogP contribution is -2.15. The molecule has 0 fully saturated rings. The van der Waals surface area contributed by atoms with Crippen LogP contribution in [0.25, 0.3) is 0 Å². The van der Waals surface area contributed by atoms with Crippen molar-refractivity contribution >= 4 is 35.2 Å². The van der Waals surface area contributed by atoms with Crippen molar-refractivity contribution in [2.45, 2.75) is 64.5 Å². The number of aryl methyl sites for hydroxylation is 4. The summed E-state index contributed by atoms with van der Waals surface area (Å²) in [6, 6.07) is 16.3. The smallest absolute Gasteiger partial charge is 0.282 e. The summed E-state index contributed by atoms with van der Waals surface area (Å²) in [5.41, 5.74) is 16.2. The van der Waals surface area contributed by atoms with Crippen molar-refractivity contribution < 1.29 is 23.5 Å². The van der Waals surface area contributed by atoms with Gasteiger partial charge in [0.1, 0.15) is 24.7 Å². The number of ether oxygens (including phenoxy) is 2. The maximum atomic E-state index is 12.2. The fourth-order valence-corrected chi connectivity index (χ4v) is 5.12. The molecule has 14 nitrogen and oxygen atoms in total. The number of oxazole rings is 1. The van der Waals surface area contributed by atoms with E-state index in [2.05, 4.69) is 35.6 Å². The summed E-state index contributed by atoms with van der Waals surface area (Å²) in [7, 11) is 0. The highest BCUT2D eigenvalue weighted by molar-refractivity contribution is 6.03. The first-order valence-electron chi connectivity index (χ1n) is 16.3. The zero-order chi connectivity index (χ0) is 34.6. The van der Waals surface area contributed by atoms with Crippen molar-refractivity contribution in [2.24, 2.45) is 21.5 Å². The van der Waals surface area contributed by atoms with Gasteiger partial charge in [-0.3, -0.25) is 14.6 Å². The molecule has 2 aromatic carbocycles. The lowest BCUT2D eigenvalue weighted by atomic mass is 10.1. The summed E-state index contributed by atoms with van der Waals surface area (Å²) < 4.78 is 15.5. The fourth-order valence-electron chi connectivity index (χ4n) is 5.12. The van der Waals surface area contributed by atoms with E-state index in [9.17, 15) is 9.59 Å². The monoisotopic (exact) mass is 667 g/mol. The van der Waals surface area contributed by atoms with E-state index < -0.39 is 0 Å². The van der Waals surface area contributed by atoms with Crippen LogP contribution in [-0.2, 0) is 35.2 Å². The summed E-state index contributed by atoms with van der Waals surface area (Å²) in [6.45, 7) is 5.00. The average molecular weight is 668 g/mol. The molecule has 2 aliphatic rings. The van der Waals surface area contributed by atoms with E-state index in [-0.39, 0.29) is 35.9 Å². The highest BCUT2D eigenvalue weighted by Crippen LogP contribution is 2.17. The Morgan fingerprint density at radius 2 is 1.33 bits per heavy atom. The number of nitrogens with two attached hydrogens (primary N) is 2. The van der Waals surface area contributed by atoms with Gasteiger partial charge < -0.3 is 36.0 Å². The lowest BCUT2D eigenvalue weighted by molar-refractivity contribution is 0.101. The second kappa shape index (κ2) is 16.9. The van der Waals surface area contributed by atoms with Crippen LogP contribution in [0.15, 0.2) is 81.7 Å². The molecule has 6 rings (SSSR count). The highest BCUT2D eigenvalue weighted by atomic mass is 16.5. The third-order valence-electron chi connectivity index (χ3n) is 7.88. The first-order chi connectivity index (χ1) is 23.8. The summed E-state index contributed by atoms with van der Waals surface area (Å²) in [5.74, 6) is 0.0625. The Kier molecular flexibility index (Phi) is 11.9. The zero-order valence-electron chi connectivity index (χ0n) is 27.6. The summed E-state index contributed by atoms with van der Waals surface area (Å²) in [5, 5.41) is 5.67. The number of carbonyl (C=O) groups excluding carboxylic acids is 2. The standard InChI is InChI=1S/C18H21N5O2.C17H20N4O3/c1-2-13-9-20-10-16(21-13)17(24)22-14-6-3-12(4-7-14)5-8-15-11-25-18(19)23-15;1-2-14-15(19-10-24-14)16(22)20-12-6-3-11(4-7-12)5-8-13-9-23-17(18)21-13/h3-4,6-7,9-10,15H,2,5,8,11H2,1H3,(H2,19,23)(H,22,24);3-4,6-7,10,13H,2,5,8-9H2,1H3,(H2,18,21)(H,20,22)/t15-;13-/m00/s1. The summed E-state index contributed by atoms with van der Waals surface area (Å²) in [4.78, 5) is 45.1. The molecule has 2 amide bonds. The first kappa shape index (κ1) is 34.5. The molecule has 2 aliphatic heterocycles. The van der Waals surface area contributed by atoms with Gasteiger partial charge in [-0.05, 0) is 67.5 Å². The molecule has 0 bridgehead atoms. The summed E-state index contributed by atoms with van der Waals surface area (Å²) >= 11 is 0. The van der Waals surface area contributed by atoms with E-state index in [1.54, 1.807) is 6.20 Å². The third-order valence-corrected chi connectivity index (χ3v) is 7.88. The van der Waals surface area contributed by atoms with Gasteiger partial charge in [-0.25, -0.2) is 20.0 Å². The molecule has 0 saturated carbocycles. The normalized spacial score (nSPS) is 16.4. The minimum atomic E-state index is -0.263.